The maximum Gasteiger partial charge on any atom is 0.262 e. The zero-order valence-corrected chi connectivity index (χ0v) is 13.6. The van der Waals surface area contributed by atoms with Crippen molar-refractivity contribution in [1.29, 1.82) is 0 Å². The van der Waals surface area contributed by atoms with Crippen LogP contribution in [0.15, 0.2) is 42.5 Å². The third-order valence-electron chi connectivity index (χ3n) is 3.00. The summed E-state index contributed by atoms with van der Waals surface area (Å²) in [7, 11) is 0. The molecule has 2 aromatic rings. The largest absolute Gasteiger partial charge is 0.484 e. The average Bonchev–Trinajstić information content (AvgIpc) is 2.49. The number of amides is 2. The minimum absolute atomic E-state index is 0.143. The molecule has 0 fully saturated rings. The standard InChI is InChI=1S/C17H17ClN2O3/c1-11-6-7-13(18)8-16(11)20-17(22)10-23-15-5-3-4-14(9-15)19-12(2)21/h3-9H,10H2,1-2H3,(H,19,21)(H,20,22). The van der Waals surface area contributed by atoms with Crippen LogP contribution in [0.5, 0.6) is 5.75 Å². The van der Waals surface area contributed by atoms with Crippen molar-refractivity contribution in [3.8, 4) is 5.75 Å². The summed E-state index contributed by atoms with van der Waals surface area (Å²) in [4.78, 5) is 23.0. The highest BCUT2D eigenvalue weighted by molar-refractivity contribution is 6.31. The molecule has 2 aromatic carbocycles. The van der Waals surface area contributed by atoms with Gasteiger partial charge in [0.25, 0.3) is 5.91 Å². The van der Waals surface area contributed by atoms with Crippen LogP contribution in [0.3, 0.4) is 0 Å². The number of benzene rings is 2. The van der Waals surface area contributed by atoms with Crippen molar-refractivity contribution in [2.75, 3.05) is 17.2 Å². The molecule has 23 heavy (non-hydrogen) atoms. The quantitative estimate of drug-likeness (QED) is 0.878. The lowest BCUT2D eigenvalue weighted by atomic mass is 10.2. The maximum absolute atomic E-state index is 12.0. The number of rotatable bonds is 5. The first-order chi connectivity index (χ1) is 10.9. The SMILES string of the molecule is CC(=O)Nc1cccc(OCC(=O)Nc2cc(Cl)ccc2C)c1. The van der Waals surface area contributed by atoms with Crippen molar-refractivity contribution in [2.45, 2.75) is 13.8 Å². The van der Waals surface area contributed by atoms with Gasteiger partial charge in [-0.15, -0.1) is 0 Å². The molecule has 5 nitrogen and oxygen atoms in total. The van der Waals surface area contributed by atoms with E-state index in [4.69, 9.17) is 16.3 Å². The summed E-state index contributed by atoms with van der Waals surface area (Å²) in [5.41, 5.74) is 2.18. The fourth-order valence-electron chi connectivity index (χ4n) is 1.93. The third kappa shape index (κ3) is 5.30. The van der Waals surface area contributed by atoms with E-state index in [1.807, 2.05) is 13.0 Å². The van der Waals surface area contributed by atoms with Gasteiger partial charge in [0, 0.05) is 29.4 Å². The van der Waals surface area contributed by atoms with Gasteiger partial charge in [-0.25, -0.2) is 0 Å². The summed E-state index contributed by atoms with van der Waals surface area (Å²) >= 11 is 5.92. The molecule has 0 aliphatic heterocycles. The van der Waals surface area contributed by atoms with Crippen LogP contribution >= 0.6 is 11.6 Å². The minimum Gasteiger partial charge on any atom is -0.484 e. The zero-order valence-electron chi connectivity index (χ0n) is 12.9. The Hall–Kier alpha value is -2.53. The lowest BCUT2D eigenvalue weighted by molar-refractivity contribution is -0.118. The summed E-state index contributed by atoms with van der Waals surface area (Å²) in [6.45, 7) is 3.16. The van der Waals surface area contributed by atoms with Crippen LogP contribution < -0.4 is 15.4 Å². The van der Waals surface area contributed by atoms with Crippen molar-refractivity contribution in [1.82, 2.24) is 0 Å². The molecule has 0 radical (unpaired) electrons. The Morgan fingerprint density at radius 1 is 1.13 bits per heavy atom. The summed E-state index contributed by atoms with van der Waals surface area (Å²) in [6, 6.07) is 12.1. The molecule has 0 atom stereocenters. The first kappa shape index (κ1) is 16.8. The molecule has 0 heterocycles. The Kier molecular flexibility index (Phi) is 5.60. The van der Waals surface area contributed by atoms with Crippen molar-refractivity contribution in [3.63, 3.8) is 0 Å². The van der Waals surface area contributed by atoms with Gasteiger partial charge in [-0.05, 0) is 36.8 Å². The van der Waals surface area contributed by atoms with Crippen LogP contribution in [0, 0.1) is 6.92 Å². The number of hydrogen-bond donors (Lipinski definition) is 2. The predicted molar refractivity (Wildman–Crippen MR) is 91.1 cm³/mol. The fraction of sp³-hybridized carbons (Fsp3) is 0.176. The highest BCUT2D eigenvalue weighted by Gasteiger charge is 2.07. The van der Waals surface area contributed by atoms with Gasteiger partial charge >= 0.3 is 0 Å². The molecule has 0 unspecified atom stereocenters. The van der Waals surface area contributed by atoms with Crippen molar-refractivity contribution < 1.29 is 14.3 Å². The monoisotopic (exact) mass is 332 g/mol. The van der Waals surface area contributed by atoms with E-state index in [9.17, 15) is 9.59 Å². The zero-order chi connectivity index (χ0) is 16.8. The Morgan fingerprint density at radius 3 is 2.65 bits per heavy atom. The molecule has 6 heteroatoms. The first-order valence-corrected chi connectivity index (χ1v) is 7.38. The van der Waals surface area contributed by atoms with Gasteiger partial charge in [0.15, 0.2) is 6.61 Å². The normalized spacial score (nSPS) is 10.0. The molecular weight excluding hydrogens is 316 g/mol. The van der Waals surface area contributed by atoms with Gasteiger partial charge in [0.1, 0.15) is 5.75 Å². The van der Waals surface area contributed by atoms with E-state index in [-0.39, 0.29) is 18.4 Å². The summed E-state index contributed by atoms with van der Waals surface area (Å²) < 4.78 is 5.44. The molecule has 0 saturated carbocycles. The molecule has 0 aromatic heterocycles. The Balaban J connectivity index is 1.94. The van der Waals surface area contributed by atoms with Crippen molar-refractivity contribution in [3.05, 3.63) is 53.1 Å². The van der Waals surface area contributed by atoms with Crippen LogP contribution in [0.2, 0.25) is 5.02 Å². The fourth-order valence-corrected chi connectivity index (χ4v) is 2.10. The van der Waals surface area contributed by atoms with Crippen LogP contribution in [0.1, 0.15) is 12.5 Å². The van der Waals surface area contributed by atoms with Crippen LogP contribution in [-0.2, 0) is 9.59 Å². The summed E-state index contributed by atoms with van der Waals surface area (Å²) in [5.74, 6) is 0.0332. The smallest absolute Gasteiger partial charge is 0.262 e. The summed E-state index contributed by atoms with van der Waals surface area (Å²) in [6.07, 6.45) is 0. The number of nitrogens with one attached hydrogen (secondary N) is 2. The number of hydrogen-bond acceptors (Lipinski definition) is 3. The average molecular weight is 333 g/mol. The van der Waals surface area contributed by atoms with Gasteiger partial charge < -0.3 is 15.4 Å². The number of ether oxygens (including phenoxy) is 1. The van der Waals surface area contributed by atoms with E-state index >= 15 is 0 Å². The first-order valence-electron chi connectivity index (χ1n) is 7.00. The summed E-state index contributed by atoms with van der Waals surface area (Å²) in [5, 5.41) is 5.95. The van der Waals surface area contributed by atoms with Crippen LogP contribution in [-0.4, -0.2) is 18.4 Å². The van der Waals surface area contributed by atoms with Gasteiger partial charge in [0.2, 0.25) is 5.91 Å². The van der Waals surface area contributed by atoms with E-state index in [0.29, 0.717) is 22.1 Å². The van der Waals surface area contributed by atoms with E-state index in [2.05, 4.69) is 10.6 Å². The highest BCUT2D eigenvalue weighted by Crippen LogP contribution is 2.20. The van der Waals surface area contributed by atoms with Crippen LogP contribution in [0.25, 0.3) is 0 Å². The molecule has 0 spiro atoms. The Labute approximate surface area is 139 Å². The van der Waals surface area contributed by atoms with Crippen molar-refractivity contribution >= 4 is 34.8 Å². The predicted octanol–water partition coefficient (Wildman–Crippen LogP) is 3.62. The Bertz CT molecular complexity index is 732. The molecule has 120 valence electrons. The molecule has 0 saturated heterocycles. The van der Waals surface area contributed by atoms with E-state index in [0.717, 1.165) is 5.56 Å². The molecule has 2 rings (SSSR count). The van der Waals surface area contributed by atoms with E-state index in [1.54, 1.807) is 36.4 Å². The second kappa shape index (κ2) is 7.65. The lowest BCUT2D eigenvalue weighted by Crippen LogP contribution is -2.20. The van der Waals surface area contributed by atoms with E-state index < -0.39 is 0 Å². The maximum atomic E-state index is 12.0. The lowest BCUT2D eigenvalue weighted by Gasteiger charge is -2.11. The molecule has 0 aliphatic carbocycles. The number of aryl methyl sites for hydroxylation is 1. The van der Waals surface area contributed by atoms with E-state index in [1.165, 1.54) is 6.92 Å². The molecule has 0 bridgehead atoms. The number of carbonyl (C=O) groups is 2. The van der Waals surface area contributed by atoms with Crippen LogP contribution in [0.4, 0.5) is 11.4 Å². The third-order valence-corrected chi connectivity index (χ3v) is 3.23. The second-order valence-corrected chi connectivity index (χ2v) is 5.44. The molecular formula is C17H17ClN2O3. The number of halogens is 1. The second-order valence-electron chi connectivity index (χ2n) is 5.01. The molecule has 2 N–H and O–H groups in total. The highest BCUT2D eigenvalue weighted by atomic mass is 35.5. The topological polar surface area (TPSA) is 67.4 Å². The van der Waals surface area contributed by atoms with Gasteiger partial charge in [-0.3, -0.25) is 9.59 Å². The Morgan fingerprint density at radius 2 is 1.91 bits per heavy atom. The van der Waals surface area contributed by atoms with Gasteiger partial charge in [0.05, 0.1) is 0 Å². The van der Waals surface area contributed by atoms with Gasteiger partial charge in [-0.1, -0.05) is 23.7 Å². The molecule has 2 amide bonds. The molecule has 0 aliphatic rings. The van der Waals surface area contributed by atoms with Crippen molar-refractivity contribution in [2.24, 2.45) is 0 Å². The number of carbonyl (C=O) groups excluding carboxylic acids is 2. The number of anilines is 2. The van der Waals surface area contributed by atoms with Gasteiger partial charge in [-0.2, -0.15) is 0 Å². The minimum atomic E-state index is -0.291.